The summed E-state index contributed by atoms with van der Waals surface area (Å²) in [6.07, 6.45) is 7.95. The van der Waals surface area contributed by atoms with Gasteiger partial charge in [0.15, 0.2) is 0 Å². The second kappa shape index (κ2) is 20.2. The molecule has 3 aromatic carbocycles. The molecule has 1 amide bonds. The number of allylic oxidation sites excluding steroid dienone is 1. The van der Waals surface area contributed by atoms with E-state index in [4.69, 9.17) is 23.8 Å². The zero-order valence-corrected chi connectivity index (χ0v) is 33.9. The Hall–Kier alpha value is -4.89. The fraction of sp³-hybridized carbons (Fsp3) is 0.455. The van der Waals surface area contributed by atoms with Gasteiger partial charge in [-0.3, -0.25) is 10.1 Å². The van der Waals surface area contributed by atoms with Crippen LogP contribution in [0.5, 0.6) is 17.2 Å². The number of benzene rings is 3. The Morgan fingerprint density at radius 3 is 2.47 bits per heavy atom. The number of hydrogen-bond acceptors (Lipinski definition) is 12. The number of nitrogens with zero attached hydrogens (tertiary/aromatic N) is 3. The summed E-state index contributed by atoms with van der Waals surface area (Å²) in [6.45, 7) is 4.73. The van der Waals surface area contributed by atoms with Gasteiger partial charge in [-0.2, -0.15) is 0 Å². The molecule has 0 aromatic heterocycles. The van der Waals surface area contributed by atoms with Gasteiger partial charge in [-0.15, -0.1) is 18.3 Å². The summed E-state index contributed by atoms with van der Waals surface area (Å²) in [5, 5.41) is 35.5. The summed E-state index contributed by atoms with van der Waals surface area (Å²) in [4.78, 5) is 32.9. The number of aliphatic hydroxyl groups excluding tert-OH is 2. The van der Waals surface area contributed by atoms with Gasteiger partial charge >= 0.3 is 6.09 Å². The molecular formula is C44H53N3O10S. The lowest BCUT2D eigenvalue weighted by molar-refractivity contribution is -0.384. The summed E-state index contributed by atoms with van der Waals surface area (Å²) in [6, 6.07) is 20.6. The van der Waals surface area contributed by atoms with E-state index in [9.17, 15) is 25.1 Å². The third-order valence-corrected chi connectivity index (χ3v) is 12.2. The van der Waals surface area contributed by atoms with Crippen LogP contribution in [0.3, 0.4) is 0 Å². The Kier molecular flexibility index (Phi) is 14.9. The quantitative estimate of drug-likeness (QED) is 0.0372. The first-order valence-corrected chi connectivity index (χ1v) is 20.8. The number of hydrogen-bond donors (Lipinski definition) is 2. The van der Waals surface area contributed by atoms with Gasteiger partial charge in [0, 0.05) is 60.9 Å². The van der Waals surface area contributed by atoms with Crippen LogP contribution >= 0.6 is 11.8 Å². The molecule has 0 bridgehead atoms. The molecule has 2 N–H and O–H groups in total. The Bertz CT molecular complexity index is 1930. The smallest absolute Gasteiger partial charge is 0.415 e. The van der Waals surface area contributed by atoms with Crippen LogP contribution < -0.4 is 14.2 Å². The summed E-state index contributed by atoms with van der Waals surface area (Å²) in [5.74, 6) is 0.197. The Balaban J connectivity index is 1.44. The van der Waals surface area contributed by atoms with E-state index in [0.717, 1.165) is 42.6 Å². The molecule has 1 aliphatic heterocycles. The zero-order chi connectivity index (χ0) is 41.1. The van der Waals surface area contributed by atoms with Crippen LogP contribution in [-0.2, 0) is 9.57 Å². The monoisotopic (exact) mass is 815 g/mol. The van der Waals surface area contributed by atoms with E-state index in [0.29, 0.717) is 36.7 Å². The highest BCUT2D eigenvalue weighted by Gasteiger charge is 2.65. The van der Waals surface area contributed by atoms with E-state index in [1.54, 1.807) is 24.9 Å². The van der Waals surface area contributed by atoms with Crippen molar-refractivity contribution in [3.8, 4) is 17.2 Å². The second-order valence-electron chi connectivity index (χ2n) is 14.7. The van der Waals surface area contributed by atoms with Crippen molar-refractivity contribution in [3.05, 3.63) is 113 Å². The fourth-order valence-electron chi connectivity index (χ4n) is 8.70. The Morgan fingerprint density at radius 2 is 1.78 bits per heavy atom. The first-order chi connectivity index (χ1) is 28.2. The van der Waals surface area contributed by atoms with Crippen LogP contribution in [0, 0.1) is 27.9 Å². The standard InChI is InChI=1S/C44H53N3O10S/c1-4-24-55-44-40(46(2)43(50)56-32-18-16-31(17-19-32)47(51)52)29-38(45-53-3)36-27-30(12-8-10-22-48)35(15-9-11-23-49)41(42(36)44)37-28-33(20-21-39(37)57-44)54-25-26-58-34-13-6-5-7-14-34/h4-7,13-14,16-21,27-28,30,35,40-42,48-49H,1,8-12,15,22-26,29H2,2-3H3/t30-,35+,40-,41+,42+,44+/m0/s1. The highest BCUT2D eigenvalue weighted by atomic mass is 32.2. The molecule has 0 unspecified atom stereocenters. The van der Waals surface area contributed by atoms with Crippen molar-refractivity contribution >= 4 is 29.3 Å². The van der Waals surface area contributed by atoms with E-state index in [2.05, 4.69) is 36.0 Å². The molecule has 13 nitrogen and oxygen atoms in total. The van der Waals surface area contributed by atoms with Crippen LogP contribution in [0.1, 0.15) is 56.4 Å². The van der Waals surface area contributed by atoms with Crippen LogP contribution in [-0.4, -0.2) is 90.0 Å². The number of ether oxygens (including phenoxy) is 4. The van der Waals surface area contributed by atoms with Crippen molar-refractivity contribution in [1.82, 2.24) is 4.90 Å². The minimum atomic E-state index is -1.45. The summed E-state index contributed by atoms with van der Waals surface area (Å²) in [7, 11) is 3.11. The molecule has 0 saturated heterocycles. The van der Waals surface area contributed by atoms with Gasteiger partial charge in [0.2, 0.25) is 5.79 Å². The van der Waals surface area contributed by atoms with Crippen LogP contribution in [0.4, 0.5) is 10.5 Å². The summed E-state index contributed by atoms with van der Waals surface area (Å²) < 4.78 is 26.2. The number of carbonyl (C=O) groups excluding carboxylic acids is 1. The maximum atomic E-state index is 14.1. The lowest BCUT2D eigenvalue weighted by Crippen LogP contribution is -2.69. The van der Waals surface area contributed by atoms with Gasteiger partial charge in [0.1, 0.15) is 30.4 Å². The number of unbranched alkanes of at least 4 members (excludes halogenated alkanes) is 2. The molecule has 3 aliphatic rings. The van der Waals surface area contributed by atoms with Crippen molar-refractivity contribution in [3.63, 3.8) is 0 Å². The van der Waals surface area contributed by atoms with Crippen molar-refractivity contribution < 1.29 is 43.7 Å². The fourth-order valence-corrected chi connectivity index (χ4v) is 9.45. The van der Waals surface area contributed by atoms with Gasteiger partial charge in [-0.05, 0) is 85.6 Å². The number of oxime groups is 1. The number of thioether (sulfide) groups is 1. The van der Waals surface area contributed by atoms with Crippen LogP contribution in [0.15, 0.2) is 107 Å². The lowest BCUT2D eigenvalue weighted by Gasteiger charge is -2.59. The summed E-state index contributed by atoms with van der Waals surface area (Å²) >= 11 is 1.72. The zero-order valence-electron chi connectivity index (χ0n) is 33.1. The molecular weight excluding hydrogens is 763 g/mol. The van der Waals surface area contributed by atoms with Gasteiger partial charge in [-0.25, -0.2) is 4.79 Å². The van der Waals surface area contributed by atoms with Crippen molar-refractivity contribution in [2.45, 2.75) is 67.6 Å². The highest BCUT2D eigenvalue weighted by Crippen LogP contribution is 2.61. The molecule has 1 saturated carbocycles. The molecule has 310 valence electrons. The van der Waals surface area contributed by atoms with Gasteiger partial charge in [0.25, 0.3) is 5.69 Å². The number of fused-ring (bicyclic) bond motifs is 2. The molecule has 1 heterocycles. The van der Waals surface area contributed by atoms with Crippen molar-refractivity contribution in [2.75, 3.05) is 46.3 Å². The van der Waals surface area contributed by atoms with Gasteiger partial charge < -0.3 is 38.9 Å². The number of nitro benzene ring substituents is 1. The normalized spacial score (nSPS) is 23.8. The number of aliphatic hydroxyl groups is 2. The number of non-ortho nitro benzene ring substituents is 1. The average molecular weight is 816 g/mol. The van der Waals surface area contributed by atoms with Gasteiger partial charge in [-0.1, -0.05) is 48.3 Å². The lowest BCUT2D eigenvalue weighted by atomic mass is 9.55. The first kappa shape index (κ1) is 42.7. The Morgan fingerprint density at radius 1 is 1.05 bits per heavy atom. The van der Waals surface area contributed by atoms with E-state index in [1.807, 2.05) is 30.3 Å². The second-order valence-corrected chi connectivity index (χ2v) is 15.9. The largest absolute Gasteiger partial charge is 0.493 e. The van der Waals surface area contributed by atoms with E-state index in [-0.39, 0.29) is 55.4 Å². The van der Waals surface area contributed by atoms with E-state index in [1.165, 1.54) is 41.2 Å². The topological polar surface area (TPSA) is 162 Å². The van der Waals surface area contributed by atoms with Crippen LogP contribution in [0.25, 0.3) is 0 Å². The average Bonchev–Trinajstić information content (AvgIpc) is 3.23. The number of nitro groups is 1. The number of rotatable bonds is 20. The first-order valence-electron chi connectivity index (χ1n) is 19.9. The highest BCUT2D eigenvalue weighted by molar-refractivity contribution is 7.99. The third-order valence-electron chi connectivity index (χ3n) is 11.2. The minimum Gasteiger partial charge on any atom is -0.493 e. The number of carbonyl (C=O) groups is 1. The SMILES string of the molecule is C=CCO[C@@]12Oc3ccc(OCCSc4ccccc4)cc3[C@H]3[C@H](CCCCO)[C@@H](CCCCO)C=C(C(=NOC)C[C@@H]1N(C)C(=O)Oc1ccc([N+](=O)[O-])cc1)[C@H]32. The predicted octanol–water partition coefficient (Wildman–Crippen LogP) is 8.16. The molecule has 0 radical (unpaired) electrons. The molecule has 58 heavy (non-hydrogen) atoms. The number of amides is 1. The van der Waals surface area contributed by atoms with E-state index >= 15 is 0 Å². The molecule has 14 heteroatoms. The molecule has 1 fully saturated rings. The molecule has 6 rings (SSSR count). The predicted molar refractivity (Wildman–Crippen MR) is 222 cm³/mol. The minimum absolute atomic E-state index is 0.0529. The molecule has 0 spiro atoms. The number of likely N-dealkylation sites (N-methyl/N-ethyl adjacent to an activating group) is 1. The molecule has 2 aliphatic carbocycles. The van der Waals surface area contributed by atoms with E-state index < -0.39 is 28.8 Å². The maximum Gasteiger partial charge on any atom is 0.415 e. The Labute approximate surface area is 343 Å². The van der Waals surface area contributed by atoms with Crippen molar-refractivity contribution in [2.24, 2.45) is 22.9 Å². The van der Waals surface area contributed by atoms with Gasteiger partial charge in [0.05, 0.1) is 29.8 Å². The summed E-state index contributed by atoms with van der Waals surface area (Å²) in [5.41, 5.74) is 2.38. The van der Waals surface area contributed by atoms with Crippen molar-refractivity contribution in [1.29, 1.82) is 0 Å². The molecule has 3 aromatic rings. The van der Waals surface area contributed by atoms with Crippen LogP contribution in [0.2, 0.25) is 0 Å². The maximum absolute atomic E-state index is 14.1. The third kappa shape index (κ3) is 9.52. The molecule has 6 atom stereocenters.